The average Bonchev–Trinajstić information content (AvgIpc) is 2.38. The van der Waals surface area contributed by atoms with Crippen molar-refractivity contribution in [1.82, 2.24) is 0 Å². The summed E-state index contributed by atoms with van der Waals surface area (Å²) < 4.78 is 14.0. The molecule has 0 radical (unpaired) electrons. The lowest BCUT2D eigenvalue weighted by molar-refractivity contribution is 0.102. The number of hydrogen-bond donors (Lipinski definition) is 2. The molecule has 19 heavy (non-hydrogen) atoms. The predicted octanol–water partition coefficient (Wildman–Crippen LogP) is 3.70. The molecule has 98 valence electrons. The highest BCUT2D eigenvalue weighted by atomic mass is 127. The number of carbonyl (C=O) groups excluding carboxylic acids is 1. The third-order valence-electron chi connectivity index (χ3n) is 2.72. The molecule has 2 aromatic carbocycles. The molecule has 0 aliphatic heterocycles. The predicted molar refractivity (Wildman–Crippen MR) is 79.9 cm³/mol. The van der Waals surface area contributed by atoms with Crippen LogP contribution in [0.1, 0.15) is 15.9 Å². The van der Waals surface area contributed by atoms with Gasteiger partial charge in [-0.3, -0.25) is 4.79 Å². The second-order valence-electron chi connectivity index (χ2n) is 4.03. The fraction of sp³-hybridized carbons (Fsp3) is 0.0714. The van der Waals surface area contributed by atoms with Crippen LogP contribution in [0.25, 0.3) is 0 Å². The summed E-state index contributed by atoms with van der Waals surface area (Å²) in [5.41, 5.74) is 1.12. The Morgan fingerprint density at radius 2 is 2.05 bits per heavy atom. The van der Waals surface area contributed by atoms with E-state index in [0.29, 0.717) is 20.4 Å². The van der Waals surface area contributed by atoms with Gasteiger partial charge in [0.05, 0.1) is 3.57 Å². The summed E-state index contributed by atoms with van der Waals surface area (Å²) in [6, 6.07) is 9.12. The van der Waals surface area contributed by atoms with E-state index in [0.717, 1.165) is 0 Å². The Morgan fingerprint density at radius 3 is 2.74 bits per heavy atom. The molecule has 0 heterocycles. The van der Waals surface area contributed by atoms with E-state index >= 15 is 0 Å². The second kappa shape index (κ2) is 5.56. The van der Waals surface area contributed by atoms with Crippen molar-refractivity contribution in [3.63, 3.8) is 0 Å². The zero-order valence-electron chi connectivity index (χ0n) is 10.1. The quantitative estimate of drug-likeness (QED) is 0.792. The molecule has 0 bridgehead atoms. The fourth-order valence-corrected chi connectivity index (χ4v) is 1.93. The van der Waals surface area contributed by atoms with Crippen molar-refractivity contribution in [2.75, 3.05) is 5.32 Å². The maximum absolute atomic E-state index is 13.4. The molecule has 0 fully saturated rings. The maximum atomic E-state index is 13.4. The van der Waals surface area contributed by atoms with Crippen LogP contribution in [0, 0.1) is 16.3 Å². The molecule has 2 aromatic rings. The van der Waals surface area contributed by atoms with Crippen molar-refractivity contribution in [3.8, 4) is 5.75 Å². The summed E-state index contributed by atoms with van der Waals surface area (Å²) in [7, 11) is 0. The van der Waals surface area contributed by atoms with Gasteiger partial charge in [0.25, 0.3) is 5.91 Å². The van der Waals surface area contributed by atoms with Gasteiger partial charge in [0, 0.05) is 16.8 Å². The highest BCUT2D eigenvalue weighted by molar-refractivity contribution is 14.1. The summed E-state index contributed by atoms with van der Waals surface area (Å²) in [6.45, 7) is 1.59. The summed E-state index contributed by atoms with van der Waals surface area (Å²) in [5.74, 6) is -0.715. The number of benzene rings is 2. The van der Waals surface area contributed by atoms with E-state index in [1.807, 2.05) is 22.6 Å². The van der Waals surface area contributed by atoms with Gasteiger partial charge in [0.2, 0.25) is 0 Å². The van der Waals surface area contributed by atoms with E-state index in [2.05, 4.69) is 5.32 Å². The molecule has 0 unspecified atom stereocenters. The third-order valence-corrected chi connectivity index (χ3v) is 3.64. The lowest BCUT2D eigenvalue weighted by atomic mass is 10.1. The van der Waals surface area contributed by atoms with Crippen molar-refractivity contribution in [1.29, 1.82) is 0 Å². The molecule has 0 aliphatic rings. The van der Waals surface area contributed by atoms with Gasteiger partial charge < -0.3 is 10.4 Å². The molecule has 0 aliphatic carbocycles. The van der Waals surface area contributed by atoms with E-state index in [1.165, 1.54) is 18.2 Å². The highest BCUT2D eigenvalue weighted by Crippen LogP contribution is 2.22. The van der Waals surface area contributed by atoms with Crippen LogP contribution in [-0.2, 0) is 0 Å². The number of nitrogens with one attached hydrogen (secondary N) is 1. The number of anilines is 1. The first-order valence-corrected chi connectivity index (χ1v) is 6.62. The van der Waals surface area contributed by atoms with Crippen molar-refractivity contribution < 1.29 is 14.3 Å². The monoisotopic (exact) mass is 371 g/mol. The van der Waals surface area contributed by atoms with E-state index in [1.54, 1.807) is 25.1 Å². The van der Waals surface area contributed by atoms with Crippen molar-refractivity contribution >= 4 is 34.2 Å². The Bertz CT molecular complexity index is 643. The topological polar surface area (TPSA) is 49.3 Å². The zero-order valence-corrected chi connectivity index (χ0v) is 12.2. The molecule has 2 N–H and O–H groups in total. The number of carbonyl (C=O) groups is 1. The van der Waals surface area contributed by atoms with Crippen molar-refractivity contribution in [2.45, 2.75) is 6.92 Å². The van der Waals surface area contributed by atoms with E-state index in [4.69, 9.17) is 0 Å². The van der Waals surface area contributed by atoms with Gasteiger partial charge in [0.1, 0.15) is 11.6 Å². The molecule has 1 amide bonds. The van der Waals surface area contributed by atoms with Gasteiger partial charge in [-0.1, -0.05) is 6.07 Å². The number of amides is 1. The lowest BCUT2D eigenvalue weighted by Crippen LogP contribution is -2.13. The van der Waals surface area contributed by atoms with Crippen LogP contribution in [0.3, 0.4) is 0 Å². The Kier molecular flexibility index (Phi) is 4.04. The Labute approximate surface area is 123 Å². The fourth-order valence-electron chi connectivity index (χ4n) is 1.59. The molecule has 0 aromatic heterocycles. The van der Waals surface area contributed by atoms with Crippen LogP contribution in [0.4, 0.5) is 10.1 Å². The second-order valence-corrected chi connectivity index (χ2v) is 5.19. The Hall–Kier alpha value is -1.63. The average molecular weight is 371 g/mol. The third kappa shape index (κ3) is 3.04. The molecule has 0 atom stereocenters. The summed E-state index contributed by atoms with van der Waals surface area (Å²) in [6.07, 6.45) is 0. The van der Waals surface area contributed by atoms with Crippen molar-refractivity contribution in [3.05, 3.63) is 56.9 Å². The largest absolute Gasteiger partial charge is 0.507 e. The lowest BCUT2D eigenvalue weighted by Gasteiger charge is -2.09. The minimum absolute atomic E-state index is 0.0456. The van der Waals surface area contributed by atoms with Crippen LogP contribution < -0.4 is 5.32 Å². The zero-order chi connectivity index (χ0) is 14.0. The smallest absolute Gasteiger partial charge is 0.255 e. The maximum Gasteiger partial charge on any atom is 0.255 e. The van der Waals surface area contributed by atoms with Gasteiger partial charge in [-0.15, -0.1) is 0 Å². The highest BCUT2D eigenvalue weighted by Gasteiger charge is 2.11. The summed E-state index contributed by atoms with van der Waals surface area (Å²) >= 11 is 1.97. The first kappa shape index (κ1) is 13.8. The Morgan fingerprint density at radius 1 is 1.32 bits per heavy atom. The van der Waals surface area contributed by atoms with Crippen LogP contribution in [0.15, 0.2) is 36.4 Å². The van der Waals surface area contributed by atoms with Gasteiger partial charge in [-0.25, -0.2) is 4.39 Å². The molecule has 0 saturated heterocycles. The first-order valence-electron chi connectivity index (χ1n) is 5.54. The summed E-state index contributed by atoms with van der Waals surface area (Å²) in [4.78, 5) is 12.0. The minimum atomic E-state index is -0.389. The number of aromatic hydroxyl groups is 1. The van der Waals surface area contributed by atoms with E-state index < -0.39 is 0 Å². The first-order chi connectivity index (χ1) is 8.99. The molecular weight excluding hydrogens is 360 g/mol. The van der Waals surface area contributed by atoms with Crippen LogP contribution in [0.5, 0.6) is 5.75 Å². The number of rotatable bonds is 2. The molecule has 3 nitrogen and oxygen atoms in total. The molecule has 0 saturated carbocycles. The van der Waals surface area contributed by atoms with E-state index in [-0.39, 0.29) is 17.5 Å². The number of phenols is 1. The van der Waals surface area contributed by atoms with Gasteiger partial charge in [-0.05, 0) is 59.8 Å². The number of hydrogen-bond acceptors (Lipinski definition) is 2. The summed E-state index contributed by atoms with van der Waals surface area (Å²) in [5, 5.41) is 12.2. The van der Waals surface area contributed by atoms with Crippen LogP contribution in [0.2, 0.25) is 0 Å². The molecule has 0 spiro atoms. The van der Waals surface area contributed by atoms with Crippen LogP contribution >= 0.6 is 22.6 Å². The molecule has 2 rings (SSSR count). The minimum Gasteiger partial charge on any atom is -0.507 e. The van der Waals surface area contributed by atoms with Gasteiger partial charge in [0.15, 0.2) is 0 Å². The normalized spacial score (nSPS) is 10.3. The van der Waals surface area contributed by atoms with Gasteiger partial charge >= 0.3 is 0 Å². The standard InChI is InChI=1S/C14H11FINO2/c1-8-10(15)3-2-4-12(8)17-14(19)9-5-6-11(16)13(18)7-9/h2-7,18H,1H3,(H,17,19). The van der Waals surface area contributed by atoms with Crippen LogP contribution in [-0.4, -0.2) is 11.0 Å². The van der Waals surface area contributed by atoms with Crippen molar-refractivity contribution in [2.24, 2.45) is 0 Å². The SMILES string of the molecule is Cc1c(F)cccc1NC(=O)c1ccc(I)c(O)c1. The number of halogens is 2. The number of phenolic OH excluding ortho intramolecular Hbond substituents is 1. The molecule has 5 heteroatoms. The molecular formula is C14H11FINO2. The van der Waals surface area contributed by atoms with Gasteiger partial charge in [-0.2, -0.15) is 0 Å². The van der Waals surface area contributed by atoms with E-state index in [9.17, 15) is 14.3 Å². The Balaban J connectivity index is 2.26.